The zero-order valence-corrected chi connectivity index (χ0v) is 9.11. The molecule has 2 saturated heterocycles. The molecule has 2 fully saturated rings. The van der Waals surface area contributed by atoms with Gasteiger partial charge in [-0.25, -0.2) is 0 Å². The Kier molecular flexibility index (Phi) is 3.52. The zero-order valence-electron chi connectivity index (χ0n) is 8.29. The second-order valence-electron chi connectivity index (χ2n) is 4.16. The summed E-state index contributed by atoms with van der Waals surface area (Å²) in [5.74, 6) is 4.39. The molecule has 2 aliphatic rings. The van der Waals surface area contributed by atoms with Crippen LogP contribution in [0.4, 0.5) is 0 Å². The molecule has 13 heavy (non-hydrogen) atoms. The molecule has 2 heterocycles. The van der Waals surface area contributed by atoms with Gasteiger partial charge in [0.1, 0.15) is 0 Å². The van der Waals surface area contributed by atoms with Gasteiger partial charge in [-0.1, -0.05) is 0 Å². The molecule has 0 amide bonds. The highest BCUT2D eigenvalue weighted by atomic mass is 32.2. The highest BCUT2D eigenvalue weighted by Crippen LogP contribution is 2.31. The van der Waals surface area contributed by atoms with Gasteiger partial charge in [-0.15, -0.1) is 0 Å². The van der Waals surface area contributed by atoms with Crippen LogP contribution >= 0.6 is 11.8 Å². The Hall–Kier alpha value is 0.270. The molecule has 0 bridgehead atoms. The van der Waals surface area contributed by atoms with Crippen molar-refractivity contribution in [3.63, 3.8) is 0 Å². The number of hydrogen-bond acceptors (Lipinski definition) is 3. The van der Waals surface area contributed by atoms with Crippen molar-refractivity contribution in [2.45, 2.75) is 18.9 Å². The molecule has 0 aromatic rings. The fraction of sp³-hybridized carbons (Fsp3) is 1.00. The molecular weight excluding hydrogens is 182 g/mol. The van der Waals surface area contributed by atoms with Crippen molar-refractivity contribution >= 4 is 11.8 Å². The van der Waals surface area contributed by atoms with Gasteiger partial charge in [-0.2, -0.15) is 11.8 Å². The van der Waals surface area contributed by atoms with E-state index in [0.29, 0.717) is 0 Å². The Balaban J connectivity index is 1.79. The van der Waals surface area contributed by atoms with Crippen LogP contribution in [-0.4, -0.2) is 37.8 Å². The standard InChI is InChI=1S/C10H19NOS/c1-11-10-7-13-6-9(10)4-8-2-3-12-5-8/h8-11H,2-7H2,1H3. The van der Waals surface area contributed by atoms with E-state index in [1.807, 2.05) is 0 Å². The predicted octanol–water partition coefficient (Wildman–Crippen LogP) is 1.36. The van der Waals surface area contributed by atoms with Crippen LogP contribution in [0.2, 0.25) is 0 Å². The second kappa shape index (κ2) is 4.67. The molecule has 0 saturated carbocycles. The van der Waals surface area contributed by atoms with Gasteiger partial charge in [0.25, 0.3) is 0 Å². The van der Waals surface area contributed by atoms with Crippen LogP contribution in [-0.2, 0) is 4.74 Å². The van der Waals surface area contributed by atoms with E-state index in [4.69, 9.17) is 4.74 Å². The van der Waals surface area contributed by atoms with E-state index in [2.05, 4.69) is 24.1 Å². The fourth-order valence-electron chi connectivity index (χ4n) is 2.35. The quantitative estimate of drug-likeness (QED) is 0.745. The molecular formula is C10H19NOS. The highest BCUT2D eigenvalue weighted by Gasteiger charge is 2.29. The molecule has 2 rings (SSSR count). The molecule has 0 aromatic carbocycles. The second-order valence-corrected chi connectivity index (χ2v) is 5.23. The van der Waals surface area contributed by atoms with Crippen molar-refractivity contribution in [3.05, 3.63) is 0 Å². The molecule has 2 aliphatic heterocycles. The topological polar surface area (TPSA) is 21.3 Å². The third kappa shape index (κ3) is 2.39. The summed E-state index contributed by atoms with van der Waals surface area (Å²) in [5.41, 5.74) is 0. The van der Waals surface area contributed by atoms with Gasteiger partial charge in [-0.3, -0.25) is 0 Å². The highest BCUT2D eigenvalue weighted by molar-refractivity contribution is 7.99. The normalized spacial score (nSPS) is 39.9. The number of ether oxygens (including phenoxy) is 1. The van der Waals surface area contributed by atoms with E-state index in [-0.39, 0.29) is 0 Å². The first kappa shape index (κ1) is 9.81. The van der Waals surface area contributed by atoms with Gasteiger partial charge in [-0.05, 0) is 37.5 Å². The van der Waals surface area contributed by atoms with Gasteiger partial charge >= 0.3 is 0 Å². The Morgan fingerprint density at radius 3 is 3.08 bits per heavy atom. The molecule has 3 atom stereocenters. The maximum absolute atomic E-state index is 5.41. The molecule has 3 unspecified atom stereocenters. The number of thioether (sulfide) groups is 1. The van der Waals surface area contributed by atoms with E-state index in [0.717, 1.165) is 31.1 Å². The average Bonchev–Trinajstić information content (AvgIpc) is 2.76. The first-order valence-electron chi connectivity index (χ1n) is 5.23. The summed E-state index contributed by atoms with van der Waals surface area (Å²) < 4.78 is 5.41. The fourth-order valence-corrected chi connectivity index (χ4v) is 3.85. The lowest BCUT2D eigenvalue weighted by Crippen LogP contribution is -2.33. The minimum atomic E-state index is 0.755. The van der Waals surface area contributed by atoms with E-state index < -0.39 is 0 Å². The van der Waals surface area contributed by atoms with E-state index in [1.54, 1.807) is 0 Å². The molecule has 3 heteroatoms. The van der Waals surface area contributed by atoms with E-state index >= 15 is 0 Å². The summed E-state index contributed by atoms with van der Waals surface area (Å²) in [6, 6.07) is 0.755. The Bertz CT molecular complexity index is 159. The van der Waals surface area contributed by atoms with Crippen molar-refractivity contribution in [2.75, 3.05) is 31.8 Å². The van der Waals surface area contributed by atoms with Crippen LogP contribution in [0.15, 0.2) is 0 Å². The molecule has 76 valence electrons. The first-order chi connectivity index (χ1) is 6.40. The Labute approximate surface area is 84.8 Å². The molecule has 0 radical (unpaired) electrons. The summed E-state index contributed by atoms with van der Waals surface area (Å²) in [4.78, 5) is 0. The third-order valence-corrected chi connectivity index (χ3v) is 4.49. The lowest BCUT2D eigenvalue weighted by atomic mass is 9.91. The summed E-state index contributed by atoms with van der Waals surface area (Å²) in [5, 5.41) is 3.43. The SMILES string of the molecule is CNC1CSCC1CC1CCOC1. The van der Waals surface area contributed by atoms with E-state index in [1.165, 1.54) is 24.3 Å². The van der Waals surface area contributed by atoms with Crippen molar-refractivity contribution in [1.82, 2.24) is 5.32 Å². The maximum atomic E-state index is 5.41. The van der Waals surface area contributed by atoms with Crippen molar-refractivity contribution in [2.24, 2.45) is 11.8 Å². The first-order valence-corrected chi connectivity index (χ1v) is 6.38. The van der Waals surface area contributed by atoms with Crippen LogP contribution < -0.4 is 5.32 Å². The van der Waals surface area contributed by atoms with Crippen molar-refractivity contribution < 1.29 is 4.74 Å². The largest absolute Gasteiger partial charge is 0.381 e. The molecule has 0 aliphatic carbocycles. The summed E-state index contributed by atoms with van der Waals surface area (Å²) in [6.07, 6.45) is 2.66. The minimum absolute atomic E-state index is 0.755. The van der Waals surface area contributed by atoms with Crippen LogP contribution in [0.25, 0.3) is 0 Å². The lowest BCUT2D eigenvalue weighted by molar-refractivity contribution is 0.179. The number of rotatable bonds is 3. The van der Waals surface area contributed by atoms with Crippen molar-refractivity contribution in [3.8, 4) is 0 Å². The molecule has 1 N–H and O–H groups in total. The lowest BCUT2D eigenvalue weighted by Gasteiger charge is -2.20. The summed E-state index contributed by atoms with van der Waals surface area (Å²) >= 11 is 2.09. The maximum Gasteiger partial charge on any atom is 0.0495 e. The van der Waals surface area contributed by atoms with Gasteiger partial charge in [0, 0.05) is 25.0 Å². The predicted molar refractivity (Wildman–Crippen MR) is 57.2 cm³/mol. The van der Waals surface area contributed by atoms with Gasteiger partial charge in [0.05, 0.1) is 0 Å². The molecule has 0 aromatic heterocycles. The van der Waals surface area contributed by atoms with Gasteiger partial charge < -0.3 is 10.1 Å². The van der Waals surface area contributed by atoms with Crippen LogP contribution in [0.3, 0.4) is 0 Å². The van der Waals surface area contributed by atoms with Gasteiger partial charge in [0.15, 0.2) is 0 Å². The van der Waals surface area contributed by atoms with Gasteiger partial charge in [0.2, 0.25) is 0 Å². The zero-order chi connectivity index (χ0) is 9.10. The number of hydrogen-bond donors (Lipinski definition) is 1. The van der Waals surface area contributed by atoms with Crippen LogP contribution in [0.1, 0.15) is 12.8 Å². The average molecular weight is 201 g/mol. The third-order valence-electron chi connectivity index (χ3n) is 3.23. The Morgan fingerprint density at radius 1 is 1.46 bits per heavy atom. The van der Waals surface area contributed by atoms with E-state index in [9.17, 15) is 0 Å². The minimum Gasteiger partial charge on any atom is -0.381 e. The summed E-state index contributed by atoms with van der Waals surface area (Å²) in [6.45, 7) is 2.01. The van der Waals surface area contributed by atoms with Crippen LogP contribution in [0.5, 0.6) is 0 Å². The Morgan fingerprint density at radius 2 is 2.38 bits per heavy atom. The molecule has 2 nitrogen and oxygen atoms in total. The number of nitrogens with one attached hydrogen (secondary N) is 1. The van der Waals surface area contributed by atoms with Crippen LogP contribution in [0, 0.1) is 11.8 Å². The summed E-state index contributed by atoms with van der Waals surface area (Å²) in [7, 11) is 2.09. The molecule has 0 spiro atoms. The monoisotopic (exact) mass is 201 g/mol. The van der Waals surface area contributed by atoms with Crippen molar-refractivity contribution in [1.29, 1.82) is 0 Å². The smallest absolute Gasteiger partial charge is 0.0495 e.